The highest BCUT2D eigenvalue weighted by atomic mass is 32.2. The van der Waals surface area contributed by atoms with Crippen LogP contribution in [0, 0.1) is 63.6 Å². The minimum Gasteiger partial charge on any atom is -0.550 e. The molecule has 21 rings (SSSR count). The van der Waals surface area contributed by atoms with Gasteiger partial charge in [0.1, 0.15) is 5.78 Å². The number of carboxylic acids is 3. The van der Waals surface area contributed by atoms with Crippen molar-refractivity contribution in [1.29, 1.82) is 0 Å². The van der Waals surface area contributed by atoms with Gasteiger partial charge in [-0.1, -0.05) is 296 Å². The molecule has 0 heterocycles. The smallest absolute Gasteiger partial charge is 0.166 e. The third kappa shape index (κ3) is 24.3. The van der Waals surface area contributed by atoms with Crippen molar-refractivity contribution in [1.82, 2.24) is 0 Å². The Morgan fingerprint density at radius 1 is 0.231 bits per heavy atom. The first kappa shape index (κ1) is 103. The lowest BCUT2D eigenvalue weighted by Gasteiger charge is -2.60. The van der Waals surface area contributed by atoms with Crippen molar-refractivity contribution in [2.45, 2.75) is 394 Å². The Kier molecular flexibility index (Phi) is 30.1. The molecular formula is C123H160O8S3. The normalized spacial score (nSPS) is 25.0. The van der Waals surface area contributed by atoms with Gasteiger partial charge in [0.05, 0.1) is 38.3 Å². The largest absolute Gasteiger partial charge is 0.550 e. The van der Waals surface area contributed by atoms with Gasteiger partial charge in [0.2, 0.25) is 0 Å². The summed E-state index contributed by atoms with van der Waals surface area (Å²) in [5.41, 5.74) is 11.5. The number of Topliss-reactive ketones (excluding diaryl/α,β-unsaturated/α-hetero) is 1. The third-order valence-corrected chi connectivity index (χ3v) is 37.7. The molecule has 12 aliphatic carbocycles. The van der Waals surface area contributed by atoms with Crippen molar-refractivity contribution in [3.63, 3.8) is 0 Å². The number of hydrogen-bond acceptors (Lipinski definition) is 8. The van der Waals surface area contributed by atoms with E-state index in [1.807, 2.05) is 0 Å². The van der Waals surface area contributed by atoms with E-state index in [0.29, 0.717) is 60.6 Å². The van der Waals surface area contributed by atoms with Crippen molar-refractivity contribution >= 4 is 56.4 Å². The van der Waals surface area contributed by atoms with Crippen LogP contribution in [0.4, 0.5) is 0 Å². The van der Waals surface area contributed by atoms with Crippen LogP contribution in [-0.2, 0) is 101 Å². The predicted octanol–water partition coefficient (Wildman–Crippen LogP) is 27.2. The molecule has 0 amide bonds. The third-order valence-electron chi connectivity index (χ3n) is 31.0. The SMILES string of the molecule is CC(C)(C)c1ccc([S+](c2ccc(C(C)(C)C)cc2)c2ccc(C(C)(C)C)cc2)cc1.CC(C)(C)c1ccc([S+](c2ccc(C(C)(C)C)cc2)c2ccc(C(C)(C)C)cc2)cc1.CC(C)(C)c1ccc([S+](c2ccc(C(C)(C)C)cc2)c2ccc(C(C)(C)C)cc2)cc1.O=C([O-])C12CC3CC(CC(C3)C1)C2.O=C([O-])C12CC3CC(CC(O)(C3)C1)C2.O=C1C2CC3CC1CC(C(=O)[O-])(C3)C2. The summed E-state index contributed by atoms with van der Waals surface area (Å²) in [6.45, 7) is 61.5. The van der Waals surface area contributed by atoms with Gasteiger partial charge in [-0.25, -0.2) is 0 Å². The molecular weight excluding hydrogens is 1700 g/mol. The average Bonchev–Trinajstić information content (AvgIpc) is 0.734. The number of carbonyl (C=O) groups is 4. The molecule has 4 unspecified atom stereocenters. The van der Waals surface area contributed by atoms with Gasteiger partial charge in [-0.05, 0) is 353 Å². The van der Waals surface area contributed by atoms with Crippen molar-refractivity contribution in [3.8, 4) is 0 Å². The summed E-state index contributed by atoms with van der Waals surface area (Å²) >= 11 is 0. The van der Waals surface area contributed by atoms with Crippen molar-refractivity contribution in [3.05, 3.63) is 268 Å². The first-order valence-electron chi connectivity index (χ1n) is 50.2. The zero-order valence-corrected chi connectivity index (χ0v) is 88.9. The fraction of sp³-hybridized carbons (Fsp3) is 0.528. The Bertz CT molecular complexity index is 4640. The Morgan fingerprint density at radius 2 is 0.381 bits per heavy atom. The van der Waals surface area contributed by atoms with Crippen LogP contribution in [0.15, 0.2) is 262 Å². The number of aliphatic hydroxyl groups is 1. The highest BCUT2D eigenvalue weighted by molar-refractivity contribution is 7.97. The summed E-state index contributed by atoms with van der Waals surface area (Å²) in [6, 6.07) is 83.5. The van der Waals surface area contributed by atoms with Crippen LogP contribution in [-0.4, -0.2) is 34.4 Å². The van der Waals surface area contributed by atoms with Crippen LogP contribution in [0.5, 0.6) is 0 Å². The number of carboxylic acid groups (broad SMARTS) is 3. The van der Waals surface area contributed by atoms with Gasteiger partial charge in [-0.2, -0.15) is 0 Å². The van der Waals surface area contributed by atoms with Crippen LogP contribution in [0.3, 0.4) is 0 Å². The van der Waals surface area contributed by atoms with Gasteiger partial charge in [0.15, 0.2) is 44.1 Å². The maximum Gasteiger partial charge on any atom is 0.166 e. The number of rotatable bonds is 12. The van der Waals surface area contributed by atoms with E-state index in [1.165, 1.54) is 113 Å². The molecule has 0 aromatic heterocycles. The summed E-state index contributed by atoms with van der Waals surface area (Å²) < 4.78 is 0. The molecule has 0 saturated heterocycles. The Balaban J connectivity index is 0.000000141. The molecule has 9 aromatic carbocycles. The summed E-state index contributed by atoms with van der Waals surface area (Å²) in [5, 5.41) is 43.7. The minimum atomic E-state index is -0.926. The summed E-state index contributed by atoms with van der Waals surface area (Å²) in [7, 11) is -0.359. The fourth-order valence-electron chi connectivity index (χ4n) is 23.9. The second kappa shape index (κ2) is 39.0. The summed E-state index contributed by atoms with van der Waals surface area (Å²) in [4.78, 5) is 57.6. The number of carbonyl (C=O) groups excluding carboxylic acids is 4. The molecule has 8 nitrogen and oxygen atoms in total. The van der Waals surface area contributed by atoms with E-state index in [1.54, 1.807) is 0 Å². The lowest BCUT2D eigenvalue weighted by Crippen LogP contribution is -2.60. The molecule has 4 atom stereocenters. The van der Waals surface area contributed by atoms with Gasteiger partial charge in [-0.3, -0.25) is 4.79 Å². The minimum absolute atomic E-state index is 0.0409. The van der Waals surface area contributed by atoms with E-state index in [0.717, 1.165) is 70.6 Å². The van der Waals surface area contributed by atoms with Crippen LogP contribution < -0.4 is 15.3 Å². The molecule has 11 heteroatoms. The fourth-order valence-corrected chi connectivity index (χ4v) is 30.0. The molecule has 12 saturated carbocycles. The van der Waals surface area contributed by atoms with Gasteiger partial charge < -0.3 is 34.8 Å². The van der Waals surface area contributed by atoms with E-state index < -0.39 is 39.8 Å². The number of aliphatic carboxylic acids is 3. The second-order valence-electron chi connectivity index (χ2n) is 51.4. The van der Waals surface area contributed by atoms with Crippen molar-refractivity contribution in [2.75, 3.05) is 0 Å². The molecule has 12 aliphatic rings. The standard InChI is InChI=1S/3C30H39S.C11H16O3.C11H14O3.C11H16O2/c3*1-28(2,3)22-10-16-25(17-11-22)31(26-18-12-23(13-19-26)29(4,5)6)27-20-14-24(15-21-27)30(7,8)9;12-9(13)10-2-7-1-8(3-10)5-11(14,4-7)6-10;12-9-7-1-6-2-8(9)5-11(3-6,4-7)10(13)14;12-10(13)11-4-7-1-8(5-11)3-9(2-7)6-11/h3*10-21H,1-9H3;7-8,14H,1-6H2,(H,12,13);6-8H,1-5H2,(H,13,14);7-9H,1-6H2,(H,12,13)/q3*+1;;;/p-3. The van der Waals surface area contributed by atoms with E-state index in [9.17, 15) is 39.6 Å². The number of ketones is 1. The van der Waals surface area contributed by atoms with E-state index >= 15 is 0 Å². The lowest BCUT2D eigenvalue weighted by atomic mass is 9.48. The highest BCUT2D eigenvalue weighted by Crippen LogP contribution is 2.63. The van der Waals surface area contributed by atoms with Gasteiger partial charge in [-0.15, -0.1) is 0 Å². The van der Waals surface area contributed by atoms with Crippen LogP contribution in [0.1, 0.15) is 346 Å². The van der Waals surface area contributed by atoms with E-state index in [-0.39, 0.29) is 93.3 Å². The molecule has 12 bridgehead atoms. The summed E-state index contributed by atoms with van der Waals surface area (Å²) in [6.07, 6.45) is 15.1. The number of benzene rings is 9. The van der Waals surface area contributed by atoms with E-state index in [2.05, 4.69) is 405 Å². The molecule has 12 fully saturated rings. The average molecular weight is 1860 g/mol. The Morgan fingerprint density at radius 3 is 0.537 bits per heavy atom. The van der Waals surface area contributed by atoms with Crippen LogP contribution in [0.25, 0.3) is 0 Å². The molecule has 1 N–H and O–H groups in total. The lowest BCUT2D eigenvalue weighted by molar-refractivity contribution is -0.331. The van der Waals surface area contributed by atoms with Crippen molar-refractivity contribution < 1.29 is 39.6 Å². The van der Waals surface area contributed by atoms with Gasteiger partial charge in [0, 0.05) is 46.0 Å². The Labute approximate surface area is 816 Å². The number of hydrogen-bond donors (Lipinski definition) is 1. The van der Waals surface area contributed by atoms with Gasteiger partial charge >= 0.3 is 0 Å². The highest BCUT2D eigenvalue weighted by Gasteiger charge is 2.59. The van der Waals surface area contributed by atoms with Gasteiger partial charge in [0.25, 0.3) is 0 Å². The maximum absolute atomic E-state index is 11.7. The molecule has 718 valence electrons. The first-order valence-corrected chi connectivity index (χ1v) is 53.9. The van der Waals surface area contributed by atoms with Crippen LogP contribution in [0.2, 0.25) is 0 Å². The zero-order valence-electron chi connectivity index (χ0n) is 86.5. The maximum atomic E-state index is 11.7. The monoisotopic (exact) mass is 1860 g/mol. The predicted molar refractivity (Wildman–Crippen MR) is 551 cm³/mol. The molecule has 134 heavy (non-hydrogen) atoms. The molecule has 0 aliphatic heterocycles. The molecule has 9 aromatic rings. The second-order valence-corrected chi connectivity index (χ2v) is 57.5. The summed E-state index contributed by atoms with van der Waals surface area (Å²) in [5.74, 6) is 1.29. The zero-order chi connectivity index (χ0) is 98.0. The molecule has 0 spiro atoms. The Hall–Kier alpha value is -7.93. The molecule has 0 radical (unpaired) electrons. The first-order chi connectivity index (χ1) is 62.1. The van der Waals surface area contributed by atoms with E-state index in [4.69, 9.17) is 0 Å². The van der Waals surface area contributed by atoms with Crippen molar-refractivity contribution in [2.24, 2.45) is 63.6 Å². The topological polar surface area (TPSA) is 158 Å². The van der Waals surface area contributed by atoms with Crippen LogP contribution >= 0.6 is 0 Å². The quantitative estimate of drug-likeness (QED) is 0.118.